The number of aryl methyl sites for hydroxylation is 2. The second-order valence-electron chi connectivity index (χ2n) is 7.13. The highest BCUT2D eigenvalue weighted by atomic mass is 35.5. The molecule has 1 amide bonds. The van der Waals surface area contributed by atoms with E-state index in [0.717, 1.165) is 34.8 Å². The lowest BCUT2D eigenvalue weighted by molar-refractivity contribution is -0.131. The minimum absolute atomic E-state index is 0. The fraction of sp³-hybridized carbons (Fsp3) is 0.588. The summed E-state index contributed by atoms with van der Waals surface area (Å²) < 4.78 is 0. The zero-order valence-corrected chi connectivity index (χ0v) is 17.5. The molecule has 0 aromatic carbocycles. The van der Waals surface area contributed by atoms with Crippen molar-refractivity contribution >= 4 is 51.6 Å². The number of nitrogens with zero attached hydrogens (tertiary/aromatic N) is 3. The Morgan fingerprint density at radius 3 is 2.84 bits per heavy atom. The van der Waals surface area contributed by atoms with Crippen molar-refractivity contribution < 1.29 is 4.79 Å². The van der Waals surface area contributed by atoms with E-state index in [2.05, 4.69) is 37.7 Å². The summed E-state index contributed by atoms with van der Waals surface area (Å²) in [5.74, 6) is 0.572. The van der Waals surface area contributed by atoms with Gasteiger partial charge in [0.05, 0.1) is 5.75 Å². The molecule has 2 aromatic heterocycles. The van der Waals surface area contributed by atoms with Crippen LogP contribution in [0.1, 0.15) is 30.7 Å². The first-order valence-electron chi connectivity index (χ1n) is 8.16. The minimum Gasteiger partial charge on any atom is -0.341 e. The van der Waals surface area contributed by atoms with Gasteiger partial charge in [-0.25, -0.2) is 9.97 Å². The van der Waals surface area contributed by atoms with Crippen LogP contribution in [-0.2, 0) is 4.79 Å². The number of amides is 1. The average Bonchev–Trinajstić information content (AvgIpc) is 2.83. The second kappa shape index (κ2) is 7.78. The van der Waals surface area contributed by atoms with Crippen LogP contribution in [0.15, 0.2) is 11.4 Å². The molecule has 3 rings (SSSR count). The van der Waals surface area contributed by atoms with Crippen molar-refractivity contribution in [1.29, 1.82) is 0 Å². The standard InChI is InChI=1S/C17H24N4OS2.ClH/c1-10-11(2)24-16-14(10)15(19-9-20-16)23-7-13(22)21-6-5-12(18)17(3,4)8-21;/h9,12H,5-8,18H2,1-4H3;1H. The van der Waals surface area contributed by atoms with E-state index < -0.39 is 0 Å². The number of carbonyl (C=O) groups excluding carboxylic acids is 1. The van der Waals surface area contributed by atoms with Gasteiger partial charge < -0.3 is 10.6 Å². The molecule has 1 aliphatic heterocycles. The van der Waals surface area contributed by atoms with Crippen molar-refractivity contribution in [1.82, 2.24) is 14.9 Å². The second-order valence-corrected chi connectivity index (χ2v) is 9.30. The first kappa shape index (κ1) is 20.4. The smallest absolute Gasteiger partial charge is 0.233 e. The van der Waals surface area contributed by atoms with E-state index in [9.17, 15) is 4.79 Å². The molecule has 2 N–H and O–H groups in total. The lowest BCUT2D eigenvalue weighted by Crippen LogP contribution is -2.54. The average molecular weight is 401 g/mol. The maximum absolute atomic E-state index is 12.6. The van der Waals surface area contributed by atoms with E-state index in [1.54, 1.807) is 17.7 Å². The molecule has 1 atom stereocenters. The van der Waals surface area contributed by atoms with Crippen LogP contribution >= 0.6 is 35.5 Å². The third kappa shape index (κ3) is 4.10. The summed E-state index contributed by atoms with van der Waals surface area (Å²) in [5.41, 5.74) is 7.35. The first-order chi connectivity index (χ1) is 11.3. The number of aromatic nitrogens is 2. The molecular formula is C17H25ClN4OS2. The van der Waals surface area contributed by atoms with Crippen LogP contribution in [0.3, 0.4) is 0 Å². The van der Waals surface area contributed by atoms with Gasteiger partial charge in [-0.3, -0.25) is 4.79 Å². The fourth-order valence-electron chi connectivity index (χ4n) is 3.07. The van der Waals surface area contributed by atoms with Crippen LogP contribution in [0.2, 0.25) is 0 Å². The van der Waals surface area contributed by atoms with Crippen molar-refractivity contribution in [2.45, 2.75) is 45.2 Å². The number of carbonyl (C=O) groups is 1. The maximum Gasteiger partial charge on any atom is 0.233 e. The van der Waals surface area contributed by atoms with Crippen molar-refractivity contribution in [3.8, 4) is 0 Å². The highest BCUT2D eigenvalue weighted by Crippen LogP contribution is 2.35. The van der Waals surface area contributed by atoms with E-state index in [4.69, 9.17) is 5.73 Å². The molecule has 1 unspecified atom stereocenters. The Morgan fingerprint density at radius 2 is 2.16 bits per heavy atom. The van der Waals surface area contributed by atoms with Crippen molar-refractivity contribution in [2.24, 2.45) is 11.1 Å². The number of likely N-dealkylation sites (tertiary alicyclic amines) is 1. The zero-order valence-electron chi connectivity index (χ0n) is 15.0. The van der Waals surface area contributed by atoms with Gasteiger partial charge in [0, 0.05) is 29.4 Å². The van der Waals surface area contributed by atoms with Crippen molar-refractivity contribution in [2.75, 3.05) is 18.8 Å². The van der Waals surface area contributed by atoms with Crippen molar-refractivity contribution in [3.05, 3.63) is 16.8 Å². The SMILES string of the molecule is Cc1sc2ncnc(SCC(=O)N3CCC(N)C(C)(C)C3)c2c1C.Cl. The van der Waals surface area contributed by atoms with Gasteiger partial charge in [-0.2, -0.15) is 0 Å². The Labute approximate surface area is 163 Å². The molecule has 5 nitrogen and oxygen atoms in total. The number of rotatable bonds is 3. The lowest BCUT2D eigenvalue weighted by Gasteiger charge is -2.42. The van der Waals surface area contributed by atoms with E-state index >= 15 is 0 Å². The molecule has 1 fully saturated rings. The molecule has 138 valence electrons. The molecule has 0 saturated carbocycles. The maximum atomic E-state index is 12.6. The zero-order chi connectivity index (χ0) is 17.5. The first-order valence-corrected chi connectivity index (χ1v) is 9.96. The van der Waals surface area contributed by atoms with Gasteiger partial charge in [0.15, 0.2) is 0 Å². The van der Waals surface area contributed by atoms with Crippen LogP contribution in [0.25, 0.3) is 10.2 Å². The third-order valence-electron chi connectivity index (χ3n) is 4.93. The number of hydrogen-bond acceptors (Lipinski definition) is 6. The number of hydrogen-bond donors (Lipinski definition) is 1. The summed E-state index contributed by atoms with van der Waals surface area (Å²) in [5, 5.41) is 2.00. The van der Waals surface area contributed by atoms with Gasteiger partial charge in [0.25, 0.3) is 0 Å². The minimum atomic E-state index is -0.0260. The summed E-state index contributed by atoms with van der Waals surface area (Å²) in [7, 11) is 0. The largest absolute Gasteiger partial charge is 0.341 e. The molecule has 2 aromatic rings. The van der Waals surface area contributed by atoms with Crippen molar-refractivity contribution in [3.63, 3.8) is 0 Å². The predicted molar refractivity (Wildman–Crippen MR) is 108 cm³/mol. The van der Waals surface area contributed by atoms with Gasteiger partial charge in [-0.1, -0.05) is 25.6 Å². The molecule has 0 bridgehead atoms. The molecule has 0 aliphatic carbocycles. The van der Waals surface area contributed by atoms with Gasteiger partial charge in [0.2, 0.25) is 5.91 Å². The van der Waals surface area contributed by atoms with Crippen LogP contribution in [-0.4, -0.2) is 45.7 Å². The fourth-order valence-corrected chi connectivity index (χ4v) is 5.09. The molecular weight excluding hydrogens is 376 g/mol. The summed E-state index contributed by atoms with van der Waals surface area (Å²) in [6.07, 6.45) is 2.46. The number of halogens is 1. The van der Waals surface area contributed by atoms with E-state index in [1.165, 1.54) is 22.2 Å². The molecule has 0 radical (unpaired) electrons. The molecule has 1 saturated heterocycles. The number of nitrogens with two attached hydrogens (primary N) is 1. The van der Waals surface area contributed by atoms with Crippen LogP contribution in [0.5, 0.6) is 0 Å². The van der Waals surface area contributed by atoms with Gasteiger partial charge in [-0.15, -0.1) is 23.7 Å². The molecule has 0 spiro atoms. The Balaban J connectivity index is 0.00000225. The normalized spacial score (nSPS) is 19.7. The monoisotopic (exact) mass is 400 g/mol. The van der Waals surface area contributed by atoms with Crippen LogP contribution in [0.4, 0.5) is 0 Å². The van der Waals surface area contributed by atoms with Crippen LogP contribution in [0, 0.1) is 19.3 Å². The molecule has 1 aliphatic rings. The third-order valence-corrected chi connectivity index (χ3v) is 7.02. The topological polar surface area (TPSA) is 72.1 Å². The summed E-state index contributed by atoms with van der Waals surface area (Å²) in [4.78, 5) is 25.6. The number of thioether (sulfide) groups is 1. The molecule has 3 heterocycles. The van der Waals surface area contributed by atoms with Crippen LogP contribution < -0.4 is 5.73 Å². The Kier molecular flexibility index (Phi) is 6.35. The lowest BCUT2D eigenvalue weighted by atomic mass is 9.80. The summed E-state index contributed by atoms with van der Waals surface area (Å²) >= 11 is 3.19. The van der Waals surface area contributed by atoms with E-state index in [1.807, 2.05) is 4.90 Å². The molecule has 25 heavy (non-hydrogen) atoms. The molecule has 8 heteroatoms. The summed E-state index contributed by atoms with van der Waals surface area (Å²) in [6, 6.07) is 0.159. The van der Waals surface area contributed by atoms with Gasteiger partial charge in [0.1, 0.15) is 16.2 Å². The highest BCUT2D eigenvalue weighted by molar-refractivity contribution is 8.00. The number of thiophene rings is 1. The summed E-state index contributed by atoms with van der Waals surface area (Å²) in [6.45, 7) is 9.94. The Hall–Kier alpha value is -0.890. The quantitative estimate of drug-likeness (QED) is 0.631. The Morgan fingerprint density at radius 1 is 1.44 bits per heavy atom. The van der Waals surface area contributed by atoms with E-state index in [0.29, 0.717) is 5.75 Å². The van der Waals surface area contributed by atoms with Gasteiger partial charge >= 0.3 is 0 Å². The Bertz CT molecular complexity index is 777. The van der Waals surface area contributed by atoms with E-state index in [-0.39, 0.29) is 29.8 Å². The van der Waals surface area contributed by atoms with Gasteiger partial charge in [-0.05, 0) is 31.2 Å². The number of piperidine rings is 1. The highest BCUT2D eigenvalue weighted by Gasteiger charge is 2.35. The number of fused-ring (bicyclic) bond motifs is 1. The predicted octanol–water partition coefficient (Wildman–Crippen LogP) is 3.41.